The van der Waals surface area contributed by atoms with Crippen molar-refractivity contribution in [2.45, 2.75) is 439 Å². The lowest BCUT2D eigenvalue weighted by Crippen LogP contribution is -2.30. The molecule has 0 rings (SSSR count). The van der Waals surface area contributed by atoms with Crippen LogP contribution in [0, 0.1) is 11.8 Å². The SMILES string of the molecule is CCCCCCCCCCCCCCCCCCC(=O)O[C@H](COC(=O)CCCCCCCCC)COP(=O)(O)OC[C@H](O)COP(=O)(O)OC[C@@H](COC(=O)CCCCCCCCCCCCCCCCC(C)C)OC(=O)CCCCCCCCCCCCCCCCCCC(C)C. The molecule has 0 saturated heterocycles. The average Bonchev–Trinajstić information content (AvgIpc) is 1.03. The van der Waals surface area contributed by atoms with Crippen LogP contribution in [0.25, 0.3) is 0 Å². The number of unbranched alkanes of at least 4 members (excludes halogenated alkanes) is 49. The van der Waals surface area contributed by atoms with E-state index in [0.717, 1.165) is 115 Å². The molecule has 0 aromatic heterocycles. The average molecular weight is 1450 g/mol. The molecule has 19 heteroatoms. The molecule has 0 saturated carbocycles. The van der Waals surface area contributed by atoms with Crippen LogP contribution in [0.4, 0.5) is 0 Å². The third-order valence-electron chi connectivity index (χ3n) is 18.7. The maximum absolute atomic E-state index is 13.1. The molecule has 0 amide bonds. The van der Waals surface area contributed by atoms with Crippen LogP contribution in [-0.4, -0.2) is 96.7 Å². The minimum absolute atomic E-state index is 0.108. The first kappa shape index (κ1) is 97.1. The summed E-state index contributed by atoms with van der Waals surface area (Å²) < 4.78 is 68.6. The van der Waals surface area contributed by atoms with Gasteiger partial charge in [-0.3, -0.25) is 37.3 Å². The van der Waals surface area contributed by atoms with Gasteiger partial charge < -0.3 is 33.8 Å². The Morgan fingerprint density at radius 2 is 0.465 bits per heavy atom. The molecule has 0 aromatic rings. The zero-order valence-electron chi connectivity index (χ0n) is 64.8. The number of carbonyl (C=O) groups excluding carboxylic acids is 4. The van der Waals surface area contributed by atoms with E-state index in [0.29, 0.717) is 25.7 Å². The Labute approximate surface area is 607 Å². The summed E-state index contributed by atoms with van der Waals surface area (Å²) in [5.41, 5.74) is 0. The van der Waals surface area contributed by atoms with Gasteiger partial charge in [-0.15, -0.1) is 0 Å². The van der Waals surface area contributed by atoms with Crippen molar-refractivity contribution in [3.8, 4) is 0 Å². The van der Waals surface area contributed by atoms with Gasteiger partial charge in [0.05, 0.1) is 26.4 Å². The Morgan fingerprint density at radius 1 is 0.273 bits per heavy atom. The fraction of sp³-hybridized carbons (Fsp3) is 0.950. The molecule has 0 aromatic carbocycles. The van der Waals surface area contributed by atoms with E-state index < -0.39 is 97.5 Å². The van der Waals surface area contributed by atoms with E-state index in [9.17, 15) is 43.2 Å². The fourth-order valence-electron chi connectivity index (χ4n) is 12.4. The van der Waals surface area contributed by atoms with Crippen LogP contribution in [0.15, 0.2) is 0 Å². The number of ether oxygens (including phenoxy) is 4. The molecule has 0 aliphatic carbocycles. The van der Waals surface area contributed by atoms with Crippen LogP contribution < -0.4 is 0 Å². The van der Waals surface area contributed by atoms with Gasteiger partial charge in [-0.05, 0) is 37.5 Å². The Balaban J connectivity index is 5.18. The lowest BCUT2D eigenvalue weighted by molar-refractivity contribution is -0.161. The summed E-state index contributed by atoms with van der Waals surface area (Å²) in [6.07, 6.45) is 61.2. The highest BCUT2D eigenvalue weighted by Gasteiger charge is 2.30. The number of rotatable bonds is 79. The number of aliphatic hydroxyl groups excluding tert-OH is 1. The second-order valence-electron chi connectivity index (χ2n) is 29.8. The number of carbonyl (C=O) groups is 4. The predicted octanol–water partition coefficient (Wildman–Crippen LogP) is 23.9. The largest absolute Gasteiger partial charge is 0.472 e. The Bertz CT molecular complexity index is 1910. The van der Waals surface area contributed by atoms with Crippen molar-refractivity contribution >= 4 is 39.5 Å². The molecule has 2 unspecified atom stereocenters. The van der Waals surface area contributed by atoms with Crippen molar-refractivity contribution in [2.24, 2.45) is 11.8 Å². The van der Waals surface area contributed by atoms with Gasteiger partial charge in [0.1, 0.15) is 19.3 Å². The highest BCUT2D eigenvalue weighted by Crippen LogP contribution is 2.45. The van der Waals surface area contributed by atoms with Crippen LogP contribution in [0.5, 0.6) is 0 Å². The molecule has 0 bridgehead atoms. The summed E-state index contributed by atoms with van der Waals surface area (Å²) in [5, 5.41) is 10.6. The normalized spacial score (nSPS) is 13.9. The number of hydrogen-bond acceptors (Lipinski definition) is 15. The highest BCUT2D eigenvalue weighted by atomic mass is 31.2. The minimum atomic E-state index is -4.96. The van der Waals surface area contributed by atoms with Gasteiger partial charge in [0.15, 0.2) is 12.2 Å². The van der Waals surface area contributed by atoms with E-state index in [2.05, 4.69) is 41.5 Å². The zero-order chi connectivity index (χ0) is 72.8. The van der Waals surface area contributed by atoms with Gasteiger partial charge >= 0.3 is 39.5 Å². The summed E-state index contributed by atoms with van der Waals surface area (Å²) in [6, 6.07) is 0. The molecular weight excluding hydrogens is 1290 g/mol. The molecule has 0 aliphatic rings. The Morgan fingerprint density at radius 3 is 0.687 bits per heavy atom. The molecule has 0 radical (unpaired) electrons. The maximum Gasteiger partial charge on any atom is 0.472 e. The molecule has 0 fully saturated rings. The third-order valence-corrected chi connectivity index (χ3v) is 20.6. The van der Waals surface area contributed by atoms with Crippen molar-refractivity contribution in [1.82, 2.24) is 0 Å². The van der Waals surface area contributed by atoms with E-state index in [4.69, 9.17) is 37.0 Å². The predicted molar refractivity (Wildman–Crippen MR) is 405 cm³/mol. The summed E-state index contributed by atoms with van der Waals surface area (Å²) >= 11 is 0. The molecule has 3 N–H and O–H groups in total. The lowest BCUT2D eigenvalue weighted by atomic mass is 10.0. The van der Waals surface area contributed by atoms with Crippen molar-refractivity contribution in [3.05, 3.63) is 0 Å². The molecule has 0 aliphatic heterocycles. The van der Waals surface area contributed by atoms with Crippen LogP contribution in [0.1, 0.15) is 420 Å². The third kappa shape index (κ3) is 74.1. The summed E-state index contributed by atoms with van der Waals surface area (Å²) in [4.78, 5) is 72.9. The smallest absolute Gasteiger partial charge is 0.462 e. The number of esters is 4. The molecular formula is C80H156O17P2. The van der Waals surface area contributed by atoms with Crippen LogP contribution in [-0.2, 0) is 65.4 Å². The first-order chi connectivity index (χ1) is 47.9. The number of phosphoric ester groups is 2. The highest BCUT2D eigenvalue weighted by molar-refractivity contribution is 7.47. The van der Waals surface area contributed by atoms with Crippen molar-refractivity contribution < 1.29 is 80.2 Å². The number of phosphoric acid groups is 2. The number of hydrogen-bond donors (Lipinski definition) is 3. The van der Waals surface area contributed by atoms with Crippen LogP contribution in [0.2, 0.25) is 0 Å². The van der Waals surface area contributed by atoms with Crippen LogP contribution >= 0.6 is 15.6 Å². The topological polar surface area (TPSA) is 237 Å². The summed E-state index contributed by atoms with van der Waals surface area (Å²) in [7, 11) is -9.91. The second kappa shape index (κ2) is 71.7. The Kier molecular flexibility index (Phi) is 70.3. The molecule has 0 heterocycles. The van der Waals surface area contributed by atoms with Crippen molar-refractivity contribution in [2.75, 3.05) is 39.6 Å². The van der Waals surface area contributed by atoms with Gasteiger partial charge in [-0.25, -0.2) is 9.13 Å². The molecule has 99 heavy (non-hydrogen) atoms. The van der Waals surface area contributed by atoms with E-state index in [1.807, 2.05) is 0 Å². The summed E-state index contributed by atoms with van der Waals surface area (Å²) in [5.74, 6) is -0.505. The lowest BCUT2D eigenvalue weighted by Gasteiger charge is -2.21. The van der Waals surface area contributed by atoms with E-state index in [1.54, 1.807) is 0 Å². The molecule has 5 atom stereocenters. The van der Waals surface area contributed by atoms with Gasteiger partial charge in [0.2, 0.25) is 0 Å². The molecule has 17 nitrogen and oxygen atoms in total. The van der Waals surface area contributed by atoms with Gasteiger partial charge in [0.25, 0.3) is 0 Å². The van der Waals surface area contributed by atoms with E-state index in [-0.39, 0.29) is 25.7 Å². The first-order valence-electron chi connectivity index (χ1n) is 41.5. The number of aliphatic hydroxyl groups is 1. The fourth-order valence-corrected chi connectivity index (χ4v) is 13.9. The monoisotopic (exact) mass is 1450 g/mol. The molecule has 0 spiro atoms. The Hall–Kier alpha value is -1.94. The minimum Gasteiger partial charge on any atom is -0.462 e. The van der Waals surface area contributed by atoms with Crippen LogP contribution in [0.3, 0.4) is 0 Å². The maximum atomic E-state index is 13.1. The standard InChI is InChI=1S/C80H156O17P2/c1-7-9-11-13-15-16-17-18-19-23-30-35-40-46-52-58-64-79(84)96-75(68-90-77(82)62-56-50-42-14-12-10-8-2)70-94-98(86,87)92-66-74(81)67-93-99(88,89)95-71-76(69-91-78(83)63-57-51-45-39-34-29-26-25-28-33-38-44-49-55-61-73(5)6)97-80(85)65-59-53-47-41-36-31-24-21-20-22-27-32-37-43-48-54-60-72(3)4/h72-76,81H,7-71H2,1-6H3,(H,86,87)(H,88,89)/t74-,75+,76+/m0/s1. The van der Waals surface area contributed by atoms with Crippen molar-refractivity contribution in [1.29, 1.82) is 0 Å². The quantitative estimate of drug-likeness (QED) is 0.0222. The van der Waals surface area contributed by atoms with Gasteiger partial charge in [-0.2, -0.15) is 0 Å². The van der Waals surface area contributed by atoms with Gasteiger partial charge in [-0.1, -0.05) is 369 Å². The first-order valence-corrected chi connectivity index (χ1v) is 44.5. The zero-order valence-corrected chi connectivity index (χ0v) is 66.6. The van der Waals surface area contributed by atoms with Gasteiger partial charge in [0, 0.05) is 25.7 Å². The van der Waals surface area contributed by atoms with E-state index in [1.165, 1.54) is 225 Å². The second-order valence-corrected chi connectivity index (χ2v) is 32.7. The van der Waals surface area contributed by atoms with Crippen molar-refractivity contribution in [3.63, 3.8) is 0 Å². The molecule has 588 valence electrons. The van der Waals surface area contributed by atoms with E-state index >= 15 is 0 Å². The summed E-state index contributed by atoms with van der Waals surface area (Å²) in [6.45, 7) is 9.65.